The van der Waals surface area contributed by atoms with Crippen molar-refractivity contribution in [3.8, 4) is 0 Å². The highest BCUT2D eigenvalue weighted by atomic mass is 19.1. The number of halogens is 1. The molecule has 1 aromatic rings. The molecule has 1 aliphatic heterocycles. The maximum atomic E-state index is 12.9. The van der Waals surface area contributed by atoms with Crippen LogP contribution in [0.2, 0.25) is 0 Å². The largest absolute Gasteiger partial charge is 0.338 e. The summed E-state index contributed by atoms with van der Waals surface area (Å²) in [4.78, 5) is 13.8. The zero-order valence-corrected chi connectivity index (χ0v) is 12.0. The highest BCUT2D eigenvalue weighted by Gasteiger charge is 2.29. The number of amides is 1. The van der Waals surface area contributed by atoms with E-state index in [1.807, 2.05) is 13.8 Å². The molecule has 2 unspecified atom stereocenters. The fourth-order valence-corrected chi connectivity index (χ4v) is 2.64. The Balaban J connectivity index is 2.04. The standard InChI is InChI=1S/C16H21FN2O/c1-11(2)9-16(20)19-8-7-14(15(18)10-19)12-3-5-13(17)6-4-12/h3-6,9,14-15H,7-8,10,18H2,1-2H3. The van der Waals surface area contributed by atoms with Gasteiger partial charge in [0.2, 0.25) is 5.91 Å². The van der Waals surface area contributed by atoms with Gasteiger partial charge in [0.1, 0.15) is 5.82 Å². The van der Waals surface area contributed by atoms with E-state index in [0.29, 0.717) is 13.1 Å². The number of allylic oxidation sites excluding steroid dienone is 1. The predicted octanol–water partition coefficient (Wildman–Crippen LogP) is 2.44. The number of nitrogens with zero attached hydrogens (tertiary/aromatic N) is 1. The summed E-state index contributed by atoms with van der Waals surface area (Å²) in [7, 11) is 0. The van der Waals surface area contributed by atoms with Crippen molar-refractivity contribution in [1.29, 1.82) is 0 Å². The van der Waals surface area contributed by atoms with Crippen LogP contribution in [-0.2, 0) is 4.79 Å². The Bertz CT molecular complexity index is 506. The second-order valence-electron chi connectivity index (χ2n) is 5.62. The lowest BCUT2D eigenvalue weighted by molar-refractivity contribution is -0.127. The molecule has 3 nitrogen and oxygen atoms in total. The Morgan fingerprint density at radius 1 is 1.35 bits per heavy atom. The van der Waals surface area contributed by atoms with E-state index in [4.69, 9.17) is 5.73 Å². The monoisotopic (exact) mass is 276 g/mol. The van der Waals surface area contributed by atoms with Gasteiger partial charge in [-0.15, -0.1) is 0 Å². The molecule has 0 saturated carbocycles. The summed E-state index contributed by atoms with van der Waals surface area (Å²) >= 11 is 0. The summed E-state index contributed by atoms with van der Waals surface area (Å²) in [6.45, 7) is 5.05. The van der Waals surface area contributed by atoms with Gasteiger partial charge >= 0.3 is 0 Å². The van der Waals surface area contributed by atoms with Crippen molar-refractivity contribution in [3.05, 3.63) is 47.3 Å². The van der Waals surface area contributed by atoms with E-state index in [9.17, 15) is 9.18 Å². The second kappa shape index (κ2) is 6.18. The molecule has 0 bridgehead atoms. The van der Waals surface area contributed by atoms with Crippen molar-refractivity contribution in [2.75, 3.05) is 13.1 Å². The van der Waals surface area contributed by atoms with Crippen LogP contribution in [0.25, 0.3) is 0 Å². The minimum Gasteiger partial charge on any atom is -0.338 e. The van der Waals surface area contributed by atoms with Gasteiger partial charge in [0.15, 0.2) is 0 Å². The van der Waals surface area contributed by atoms with Gasteiger partial charge in [-0.2, -0.15) is 0 Å². The molecule has 2 rings (SSSR count). The van der Waals surface area contributed by atoms with E-state index in [2.05, 4.69) is 0 Å². The number of hydrogen-bond donors (Lipinski definition) is 1. The third kappa shape index (κ3) is 3.45. The third-order valence-corrected chi connectivity index (χ3v) is 3.68. The third-order valence-electron chi connectivity index (χ3n) is 3.68. The maximum absolute atomic E-state index is 12.9. The number of benzene rings is 1. The lowest BCUT2D eigenvalue weighted by Gasteiger charge is -2.36. The lowest BCUT2D eigenvalue weighted by atomic mass is 9.86. The van der Waals surface area contributed by atoms with Crippen LogP contribution in [0, 0.1) is 5.82 Å². The van der Waals surface area contributed by atoms with Gasteiger partial charge in [-0.25, -0.2) is 4.39 Å². The molecule has 1 aromatic carbocycles. The average Bonchev–Trinajstić information content (AvgIpc) is 2.39. The number of likely N-dealkylation sites (tertiary alicyclic amines) is 1. The van der Waals surface area contributed by atoms with Crippen LogP contribution in [0.1, 0.15) is 31.7 Å². The zero-order valence-electron chi connectivity index (χ0n) is 12.0. The van der Waals surface area contributed by atoms with E-state index in [1.54, 1.807) is 23.1 Å². The van der Waals surface area contributed by atoms with Gasteiger partial charge in [-0.1, -0.05) is 17.7 Å². The van der Waals surface area contributed by atoms with Crippen molar-refractivity contribution in [2.24, 2.45) is 5.73 Å². The summed E-state index contributed by atoms with van der Waals surface area (Å²) in [6, 6.07) is 6.38. The molecule has 20 heavy (non-hydrogen) atoms. The van der Waals surface area contributed by atoms with Crippen LogP contribution in [-0.4, -0.2) is 29.9 Å². The van der Waals surface area contributed by atoms with Crippen molar-refractivity contribution in [2.45, 2.75) is 32.2 Å². The summed E-state index contributed by atoms with van der Waals surface area (Å²) < 4.78 is 12.9. The predicted molar refractivity (Wildman–Crippen MR) is 77.7 cm³/mol. The molecule has 0 aliphatic carbocycles. The topological polar surface area (TPSA) is 46.3 Å². The number of carbonyl (C=O) groups excluding carboxylic acids is 1. The average molecular weight is 276 g/mol. The highest BCUT2D eigenvalue weighted by Crippen LogP contribution is 2.27. The number of hydrogen-bond acceptors (Lipinski definition) is 2. The SMILES string of the molecule is CC(C)=CC(=O)N1CCC(c2ccc(F)cc2)C(N)C1. The first kappa shape index (κ1) is 14.7. The zero-order chi connectivity index (χ0) is 14.7. The number of rotatable bonds is 2. The number of carbonyl (C=O) groups is 1. The van der Waals surface area contributed by atoms with Crippen LogP contribution in [0.4, 0.5) is 4.39 Å². The molecule has 1 amide bonds. The quantitative estimate of drug-likeness (QED) is 0.843. The summed E-state index contributed by atoms with van der Waals surface area (Å²) in [5.74, 6) is -0.0251. The lowest BCUT2D eigenvalue weighted by Crippen LogP contribution is -2.49. The molecule has 2 atom stereocenters. The van der Waals surface area contributed by atoms with Gasteiger partial charge in [0.05, 0.1) is 0 Å². The molecule has 1 heterocycles. The fraction of sp³-hybridized carbons (Fsp3) is 0.438. The van der Waals surface area contributed by atoms with E-state index in [1.165, 1.54) is 12.1 Å². The maximum Gasteiger partial charge on any atom is 0.246 e. The second-order valence-corrected chi connectivity index (χ2v) is 5.62. The minimum absolute atomic E-state index is 0.0259. The first-order valence-corrected chi connectivity index (χ1v) is 6.92. The van der Waals surface area contributed by atoms with Crippen molar-refractivity contribution >= 4 is 5.91 Å². The molecular weight excluding hydrogens is 255 g/mol. The van der Waals surface area contributed by atoms with Gasteiger partial charge in [-0.3, -0.25) is 4.79 Å². The summed E-state index contributed by atoms with van der Waals surface area (Å²) in [5.41, 5.74) is 8.24. The molecule has 108 valence electrons. The number of nitrogens with two attached hydrogens (primary N) is 1. The smallest absolute Gasteiger partial charge is 0.246 e. The molecule has 0 radical (unpaired) electrons. The fourth-order valence-electron chi connectivity index (χ4n) is 2.64. The Morgan fingerprint density at radius 2 is 2.00 bits per heavy atom. The van der Waals surface area contributed by atoms with Crippen molar-refractivity contribution < 1.29 is 9.18 Å². The van der Waals surface area contributed by atoms with E-state index >= 15 is 0 Å². The highest BCUT2D eigenvalue weighted by molar-refractivity contribution is 5.88. The van der Waals surface area contributed by atoms with E-state index in [0.717, 1.165) is 17.6 Å². The van der Waals surface area contributed by atoms with Crippen LogP contribution in [0.15, 0.2) is 35.9 Å². The van der Waals surface area contributed by atoms with Gasteiger partial charge in [0, 0.05) is 31.1 Å². The number of piperidine rings is 1. The van der Waals surface area contributed by atoms with Gasteiger partial charge < -0.3 is 10.6 Å². The van der Waals surface area contributed by atoms with E-state index < -0.39 is 0 Å². The molecule has 2 N–H and O–H groups in total. The minimum atomic E-state index is -0.238. The summed E-state index contributed by atoms with van der Waals surface area (Å²) in [5, 5.41) is 0. The van der Waals surface area contributed by atoms with Crippen molar-refractivity contribution in [1.82, 2.24) is 4.90 Å². The first-order chi connectivity index (χ1) is 9.47. The van der Waals surface area contributed by atoms with Crippen LogP contribution in [0.5, 0.6) is 0 Å². The normalized spacial score (nSPS) is 22.5. The molecule has 4 heteroatoms. The van der Waals surface area contributed by atoms with E-state index in [-0.39, 0.29) is 23.7 Å². The Hall–Kier alpha value is -1.68. The van der Waals surface area contributed by atoms with Gasteiger partial charge in [-0.05, 0) is 38.0 Å². The molecular formula is C16H21FN2O. The summed E-state index contributed by atoms with van der Waals surface area (Å²) in [6.07, 6.45) is 2.46. The van der Waals surface area contributed by atoms with Crippen LogP contribution < -0.4 is 5.73 Å². The van der Waals surface area contributed by atoms with Crippen molar-refractivity contribution in [3.63, 3.8) is 0 Å². The van der Waals surface area contributed by atoms with Gasteiger partial charge in [0.25, 0.3) is 0 Å². The van der Waals surface area contributed by atoms with Crippen LogP contribution >= 0.6 is 0 Å². The molecule has 1 saturated heterocycles. The molecule has 1 aliphatic rings. The van der Waals surface area contributed by atoms with Crippen LogP contribution in [0.3, 0.4) is 0 Å². The molecule has 0 spiro atoms. The Labute approximate surface area is 119 Å². The molecule has 0 aromatic heterocycles. The first-order valence-electron chi connectivity index (χ1n) is 6.92. The Kier molecular flexibility index (Phi) is 4.55. The molecule has 1 fully saturated rings. The Morgan fingerprint density at radius 3 is 2.55 bits per heavy atom.